The minimum atomic E-state index is -2.97. The molecule has 2 heterocycles. The Bertz CT molecular complexity index is 828. The van der Waals surface area contributed by atoms with Crippen LogP contribution in [0.1, 0.15) is 18.5 Å². The Morgan fingerprint density at radius 2 is 1.96 bits per heavy atom. The zero-order valence-electron chi connectivity index (χ0n) is 13.1. The molecule has 0 aliphatic carbocycles. The van der Waals surface area contributed by atoms with Gasteiger partial charge in [0.05, 0.1) is 11.5 Å². The Hall–Kier alpha value is -1.79. The Labute approximate surface area is 146 Å². The molecule has 2 N–H and O–H groups in total. The van der Waals surface area contributed by atoms with Gasteiger partial charge < -0.3 is 10.3 Å². The lowest BCUT2D eigenvalue weighted by Crippen LogP contribution is -2.35. The molecule has 5 nitrogen and oxygen atoms in total. The first kappa shape index (κ1) is 17.0. The number of H-pyrrole nitrogens is 1. The first-order valence-electron chi connectivity index (χ1n) is 7.85. The van der Waals surface area contributed by atoms with E-state index in [1.54, 1.807) is 0 Å². The summed E-state index contributed by atoms with van der Waals surface area (Å²) < 4.78 is 22.8. The summed E-state index contributed by atoms with van der Waals surface area (Å²) in [6.07, 6.45) is 1.42. The van der Waals surface area contributed by atoms with E-state index in [2.05, 4.69) is 10.3 Å². The Morgan fingerprint density at radius 3 is 2.62 bits per heavy atom. The van der Waals surface area contributed by atoms with Crippen LogP contribution in [-0.2, 0) is 21.1 Å². The molecule has 0 radical (unpaired) electrons. The lowest BCUT2D eigenvalue weighted by atomic mass is 10.2. The van der Waals surface area contributed by atoms with E-state index in [1.165, 1.54) is 0 Å². The number of halogens is 1. The molecule has 3 rings (SSSR count). The molecule has 24 heavy (non-hydrogen) atoms. The summed E-state index contributed by atoms with van der Waals surface area (Å²) in [7, 11) is -2.97. The molecular formula is C17H19ClN2O3S. The molecular weight excluding hydrogens is 348 g/mol. The van der Waals surface area contributed by atoms with Crippen LogP contribution in [0.3, 0.4) is 0 Å². The van der Waals surface area contributed by atoms with E-state index >= 15 is 0 Å². The number of rotatable bonds is 5. The van der Waals surface area contributed by atoms with Crippen LogP contribution in [-0.4, -0.2) is 36.9 Å². The molecule has 0 spiro atoms. The first-order valence-corrected chi connectivity index (χ1v) is 10.0. The van der Waals surface area contributed by atoms with Crippen molar-refractivity contribution < 1.29 is 13.2 Å². The molecule has 7 heteroatoms. The van der Waals surface area contributed by atoms with Gasteiger partial charge in [-0.05, 0) is 42.7 Å². The van der Waals surface area contributed by atoms with Gasteiger partial charge in [-0.2, -0.15) is 0 Å². The minimum Gasteiger partial charge on any atom is -0.358 e. The molecule has 0 bridgehead atoms. The number of aryl methyl sites for hydroxylation is 1. The lowest BCUT2D eigenvalue weighted by Gasteiger charge is -2.10. The number of benzene rings is 1. The van der Waals surface area contributed by atoms with Crippen molar-refractivity contribution in [2.24, 2.45) is 0 Å². The van der Waals surface area contributed by atoms with Crippen molar-refractivity contribution in [3.05, 3.63) is 47.1 Å². The van der Waals surface area contributed by atoms with E-state index in [1.807, 2.05) is 36.4 Å². The van der Waals surface area contributed by atoms with Crippen molar-refractivity contribution >= 4 is 27.3 Å². The van der Waals surface area contributed by atoms with Gasteiger partial charge >= 0.3 is 0 Å². The third-order valence-electron chi connectivity index (χ3n) is 4.12. The van der Waals surface area contributed by atoms with Crippen LogP contribution in [0, 0.1) is 0 Å². The zero-order chi connectivity index (χ0) is 17.2. The van der Waals surface area contributed by atoms with Gasteiger partial charge in [0.1, 0.15) is 0 Å². The SMILES string of the molecule is O=C(CCc1ccc(-c2ccc(Cl)cc2)[nH]1)N[C@H]1CCS(=O)(=O)C1. The van der Waals surface area contributed by atoms with Gasteiger partial charge in [0, 0.05) is 28.9 Å². The Balaban J connectivity index is 1.52. The van der Waals surface area contributed by atoms with E-state index < -0.39 is 9.84 Å². The first-order chi connectivity index (χ1) is 11.4. The third kappa shape index (κ3) is 4.39. The second-order valence-corrected chi connectivity index (χ2v) is 8.74. The second kappa shape index (κ2) is 6.99. The fourth-order valence-electron chi connectivity index (χ4n) is 2.84. The van der Waals surface area contributed by atoms with Gasteiger partial charge in [-0.3, -0.25) is 4.79 Å². The van der Waals surface area contributed by atoms with E-state index in [0.717, 1.165) is 17.0 Å². The number of aromatic nitrogens is 1. The van der Waals surface area contributed by atoms with Gasteiger partial charge in [0.2, 0.25) is 5.91 Å². The predicted molar refractivity (Wildman–Crippen MR) is 94.8 cm³/mol. The summed E-state index contributed by atoms with van der Waals surface area (Å²) in [5.74, 6) is 0.112. The van der Waals surface area contributed by atoms with Gasteiger partial charge in [0.25, 0.3) is 0 Å². The largest absolute Gasteiger partial charge is 0.358 e. The Kier molecular flexibility index (Phi) is 4.96. The molecule has 1 amide bonds. The molecule has 2 aromatic rings. The van der Waals surface area contributed by atoms with Crippen molar-refractivity contribution in [3.8, 4) is 11.3 Å². The smallest absolute Gasteiger partial charge is 0.220 e. The third-order valence-corrected chi connectivity index (χ3v) is 6.14. The minimum absolute atomic E-state index is 0.0575. The maximum atomic E-state index is 12.0. The van der Waals surface area contributed by atoms with Crippen molar-refractivity contribution in [1.29, 1.82) is 0 Å². The van der Waals surface area contributed by atoms with Crippen LogP contribution in [0.5, 0.6) is 0 Å². The number of carbonyl (C=O) groups is 1. The monoisotopic (exact) mass is 366 g/mol. The molecule has 1 atom stereocenters. The number of sulfone groups is 1. The topological polar surface area (TPSA) is 79.0 Å². The fraction of sp³-hybridized carbons (Fsp3) is 0.353. The molecule has 1 saturated heterocycles. The average molecular weight is 367 g/mol. The summed E-state index contributed by atoms with van der Waals surface area (Å²) in [6, 6.07) is 11.2. The summed E-state index contributed by atoms with van der Waals surface area (Å²) >= 11 is 5.88. The van der Waals surface area contributed by atoms with Crippen molar-refractivity contribution in [2.45, 2.75) is 25.3 Å². The highest BCUT2D eigenvalue weighted by atomic mass is 35.5. The van der Waals surface area contributed by atoms with Crippen molar-refractivity contribution in [1.82, 2.24) is 10.3 Å². The summed E-state index contributed by atoms with van der Waals surface area (Å²) in [6.45, 7) is 0. The van der Waals surface area contributed by atoms with Crippen LogP contribution in [0.4, 0.5) is 0 Å². The van der Waals surface area contributed by atoms with Gasteiger partial charge in [-0.1, -0.05) is 23.7 Å². The van der Waals surface area contributed by atoms with Crippen LogP contribution < -0.4 is 5.32 Å². The molecule has 1 aliphatic heterocycles. The highest BCUT2D eigenvalue weighted by molar-refractivity contribution is 7.91. The zero-order valence-corrected chi connectivity index (χ0v) is 14.7. The quantitative estimate of drug-likeness (QED) is 0.853. The highest BCUT2D eigenvalue weighted by Gasteiger charge is 2.28. The second-order valence-electron chi connectivity index (χ2n) is 6.07. The Morgan fingerprint density at radius 1 is 1.21 bits per heavy atom. The van der Waals surface area contributed by atoms with Crippen LogP contribution >= 0.6 is 11.6 Å². The standard InChI is InChI=1S/C17H19ClN2O3S/c18-13-3-1-12(2-4-13)16-7-5-14(19-16)6-8-17(21)20-15-9-10-24(22,23)11-15/h1-5,7,15,19H,6,8-11H2,(H,20,21)/t15-/m0/s1. The van der Waals surface area contributed by atoms with Gasteiger partial charge in [-0.25, -0.2) is 8.42 Å². The fourth-order valence-corrected chi connectivity index (χ4v) is 4.64. The van der Waals surface area contributed by atoms with Crippen LogP contribution in [0.25, 0.3) is 11.3 Å². The predicted octanol–water partition coefficient (Wildman–Crippen LogP) is 2.57. The molecule has 0 saturated carbocycles. The normalized spacial score (nSPS) is 19.3. The number of hydrogen-bond donors (Lipinski definition) is 2. The van der Waals surface area contributed by atoms with E-state index in [9.17, 15) is 13.2 Å². The lowest BCUT2D eigenvalue weighted by molar-refractivity contribution is -0.121. The molecule has 1 aromatic heterocycles. The maximum absolute atomic E-state index is 12.0. The summed E-state index contributed by atoms with van der Waals surface area (Å²) in [4.78, 5) is 15.3. The van der Waals surface area contributed by atoms with Gasteiger partial charge in [0.15, 0.2) is 9.84 Å². The molecule has 1 fully saturated rings. The molecule has 0 unspecified atom stereocenters. The summed E-state index contributed by atoms with van der Waals surface area (Å²) in [5.41, 5.74) is 2.98. The van der Waals surface area contributed by atoms with Crippen molar-refractivity contribution in [2.75, 3.05) is 11.5 Å². The summed E-state index contributed by atoms with van der Waals surface area (Å²) in [5, 5.41) is 3.49. The molecule has 128 valence electrons. The number of nitrogens with one attached hydrogen (secondary N) is 2. The number of aromatic amines is 1. The van der Waals surface area contributed by atoms with Crippen molar-refractivity contribution in [3.63, 3.8) is 0 Å². The molecule has 1 aliphatic rings. The van der Waals surface area contributed by atoms with E-state index in [-0.39, 0.29) is 23.5 Å². The van der Waals surface area contributed by atoms with E-state index in [4.69, 9.17) is 11.6 Å². The number of carbonyl (C=O) groups excluding carboxylic acids is 1. The van der Waals surface area contributed by atoms with Crippen LogP contribution in [0.15, 0.2) is 36.4 Å². The maximum Gasteiger partial charge on any atom is 0.220 e. The molecule has 1 aromatic carbocycles. The average Bonchev–Trinajstić information content (AvgIpc) is 3.12. The highest BCUT2D eigenvalue weighted by Crippen LogP contribution is 2.21. The van der Waals surface area contributed by atoms with Crippen LogP contribution in [0.2, 0.25) is 5.02 Å². The van der Waals surface area contributed by atoms with E-state index in [0.29, 0.717) is 24.3 Å². The number of hydrogen-bond acceptors (Lipinski definition) is 3. The van der Waals surface area contributed by atoms with Gasteiger partial charge in [-0.15, -0.1) is 0 Å². The number of amides is 1.